The van der Waals surface area contributed by atoms with Crippen LogP contribution >= 0.6 is 27.3 Å². The molecule has 4 heteroatoms. The zero-order valence-electron chi connectivity index (χ0n) is 7.31. The Labute approximate surface area is 86.4 Å². The van der Waals surface area contributed by atoms with Crippen LogP contribution in [0.3, 0.4) is 0 Å². The van der Waals surface area contributed by atoms with E-state index < -0.39 is 8.07 Å². The Kier molecular flexibility index (Phi) is 3.10. The first-order valence-electron chi connectivity index (χ1n) is 3.61. The average molecular weight is 260 g/mol. The number of rotatable bonds is 0. The maximum atomic E-state index is 4.20. The normalized spacial score (nSPS) is 10.7. The van der Waals surface area contributed by atoms with Gasteiger partial charge in [-0.15, -0.1) is 16.9 Å². The second-order valence-corrected chi connectivity index (χ2v) is 9.90. The average Bonchev–Trinajstić information content (AvgIpc) is 2.30. The lowest BCUT2D eigenvalue weighted by Crippen LogP contribution is -2.16. The molecule has 12 heavy (non-hydrogen) atoms. The Balaban J connectivity index is 2.80. The van der Waals surface area contributed by atoms with Crippen molar-refractivity contribution < 1.29 is 0 Å². The summed E-state index contributed by atoms with van der Waals surface area (Å²) in [5.41, 5.74) is 3.27. The van der Waals surface area contributed by atoms with E-state index in [1.807, 2.05) is 5.38 Å². The van der Waals surface area contributed by atoms with Crippen LogP contribution in [0, 0.1) is 11.5 Å². The van der Waals surface area contributed by atoms with Crippen molar-refractivity contribution >= 4 is 35.3 Å². The van der Waals surface area contributed by atoms with Gasteiger partial charge in [0.2, 0.25) is 0 Å². The van der Waals surface area contributed by atoms with Crippen molar-refractivity contribution in [2.45, 2.75) is 19.6 Å². The Bertz CT molecular complexity index is 329. The summed E-state index contributed by atoms with van der Waals surface area (Å²) in [6.45, 7) is 6.67. The quantitative estimate of drug-likeness (QED) is 0.516. The molecule has 1 aromatic heterocycles. The van der Waals surface area contributed by atoms with Gasteiger partial charge in [0.1, 0.15) is 12.7 Å². The molecule has 64 valence electrons. The minimum Gasteiger partial charge on any atom is -0.221 e. The highest BCUT2D eigenvalue weighted by Gasteiger charge is 2.07. The monoisotopic (exact) mass is 259 g/mol. The first-order chi connectivity index (χ1) is 5.47. The van der Waals surface area contributed by atoms with Gasteiger partial charge in [0.05, 0.1) is 0 Å². The minimum absolute atomic E-state index is 0.882. The van der Waals surface area contributed by atoms with Crippen LogP contribution in [0.15, 0.2) is 9.98 Å². The predicted octanol–water partition coefficient (Wildman–Crippen LogP) is 3.13. The topological polar surface area (TPSA) is 12.9 Å². The van der Waals surface area contributed by atoms with Crippen LogP contribution in [0.4, 0.5) is 0 Å². The fourth-order valence-electron chi connectivity index (χ4n) is 0.553. The zero-order valence-corrected chi connectivity index (χ0v) is 10.7. The van der Waals surface area contributed by atoms with Crippen LogP contribution in [0.25, 0.3) is 0 Å². The number of hydrogen-bond donors (Lipinski definition) is 0. The summed E-state index contributed by atoms with van der Waals surface area (Å²) in [4.78, 5) is 4.20. The summed E-state index contributed by atoms with van der Waals surface area (Å²) in [6, 6.07) is 0. The standard InChI is InChI=1S/C8H10BrNSSi/c1-12(2,3)5-4-8-10-7(9)6-11-8/h6H,1-3H3. The van der Waals surface area contributed by atoms with Gasteiger partial charge in [0.25, 0.3) is 0 Å². The van der Waals surface area contributed by atoms with E-state index in [2.05, 4.69) is 52.0 Å². The number of thiazole rings is 1. The van der Waals surface area contributed by atoms with Gasteiger partial charge in [-0.2, -0.15) is 0 Å². The second-order valence-electron chi connectivity index (χ2n) is 3.48. The SMILES string of the molecule is C[Si](C)(C)C#Cc1nc(Br)cs1. The van der Waals surface area contributed by atoms with Crippen LogP contribution in [-0.2, 0) is 0 Å². The molecule has 0 amide bonds. The van der Waals surface area contributed by atoms with Gasteiger partial charge < -0.3 is 0 Å². The third-order valence-corrected chi connectivity index (χ3v) is 3.36. The molecule has 1 heterocycles. The molecule has 0 saturated heterocycles. The molecule has 0 aliphatic carbocycles. The molecule has 0 aromatic carbocycles. The molecule has 0 saturated carbocycles. The van der Waals surface area contributed by atoms with E-state index in [1.54, 1.807) is 11.3 Å². The van der Waals surface area contributed by atoms with Gasteiger partial charge in [-0.25, -0.2) is 4.98 Å². The Morgan fingerprint density at radius 2 is 2.17 bits per heavy atom. The Hall–Kier alpha value is -0.113. The predicted molar refractivity (Wildman–Crippen MR) is 60.0 cm³/mol. The fourth-order valence-corrected chi connectivity index (χ4v) is 2.23. The van der Waals surface area contributed by atoms with E-state index in [0.717, 1.165) is 9.61 Å². The summed E-state index contributed by atoms with van der Waals surface area (Å²) in [5, 5.41) is 2.86. The molecule has 1 rings (SSSR count). The third-order valence-electron chi connectivity index (χ3n) is 1.02. The van der Waals surface area contributed by atoms with Crippen molar-refractivity contribution in [2.24, 2.45) is 0 Å². The van der Waals surface area contributed by atoms with Gasteiger partial charge in [0, 0.05) is 5.38 Å². The van der Waals surface area contributed by atoms with E-state index in [-0.39, 0.29) is 0 Å². The molecule has 1 aromatic rings. The molecule has 0 radical (unpaired) electrons. The molecule has 0 unspecified atom stereocenters. The highest BCUT2D eigenvalue weighted by molar-refractivity contribution is 9.10. The van der Waals surface area contributed by atoms with Crippen molar-refractivity contribution in [3.63, 3.8) is 0 Å². The first-order valence-corrected chi connectivity index (χ1v) is 8.79. The van der Waals surface area contributed by atoms with Gasteiger partial charge in [-0.3, -0.25) is 0 Å². The fraction of sp³-hybridized carbons (Fsp3) is 0.375. The Morgan fingerprint density at radius 1 is 1.50 bits per heavy atom. The maximum Gasteiger partial charge on any atom is 0.167 e. The van der Waals surface area contributed by atoms with Crippen molar-refractivity contribution in [1.82, 2.24) is 4.98 Å². The lowest BCUT2D eigenvalue weighted by molar-refractivity contribution is 1.33. The molecule has 0 aliphatic rings. The first kappa shape index (κ1) is 9.97. The van der Waals surface area contributed by atoms with Crippen molar-refractivity contribution in [1.29, 1.82) is 0 Å². The van der Waals surface area contributed by atoms with E-state index in [0.29, 0.717) is 0 Å². The molecule has 0 spiro atoms. The largest absolute Gasteiger partial charge is 0.221 e. The van der Waals surface area contributed by atoms with E-state index in [9.17, 15) is 0 Å². The zero-order chi connectivity index (χ0) is 9.19. The highest BCUT2D eigenvalue weighted by Crippen LogP contribution is 2.13. The summed E-state index contributed by atoms with van der Waals surface area (Å²) in [5.74, 6) is 3.09. The van der Waals surface area contributed by atoms with Gasteiger partial charge in [-0.05, 0) is 21.9 Å². The summed E-state index contributed by atoms with van der Waals surface area (Å²) >= 11 is 4.88. The molecule has 0 N–H and O–H groups in total. The number of aromatic nitrogens is 1. The molecule has 0 fully saturated rings. The van der Waals surface area contributed by atoms with Crippen molar-refractivity contribution in [3.05, 3.63) is 15.0 Å². The lowest BCUT2D eigenvalue weighted by atomic mass is 10.7. The van der Waals surface area contributed by atoms with Crippen LogP contribution in [-0.4, -0.2) is 13.1 Å². The molecule has 0 aliphatic heterocycles. The molecular formula is C8H10BrNSSi. The van der Waals surface area contributed by atoms with Crippen LogP contribution in [0.5, 0.6) is 0 Å². The van der Waals surface area contributed by atoms with E-state index >= 15 is 0 Å². The van der Waals surface area contributed by atoms with Crippen molar-refractivity contribution in [2.75, 3.05) is 0 Å². The highest BCUT2D eigenvalue weighted by atomic mass is 79.9. The molecule has 1 nitrogen and oxygen atoms in total. The Morgan fingerprint density at radius 3 is 2.58 bits per heavy atom. The second kappa shape index (κ2) is 3.73. The number of hydrogen-bond acceptors (Lipinski definition) is 2. The van der Waals surface area contributed by atoms with Gasteiger partial charge in [0.15, 0.2) is 5.01 Å². The minimum atomic E-state index is -1.24. The lowest BCUT2D eigenvalue weighted by Gasteiger charge is -2.02. The van der Waals surface area contributed by atoms with E-state index in [4.69, 9.17) is 0 Å². The van der Waals surface area contributed by atoms with Gasteiger partial charge in [-0.1, -0.05) is 19.6 Å². The van der Waals surface area contributed by atoms with Crippen LogP contribution in [0.2, 0.25) is 19.6 Å². The number of nitrogens with zero attached hydrogens (tertiary/aromatic N) is 1. The third kappa shape index (κ3) is 3.52. The van der Waals surface area contributed by atoms with Crippen LogP contribution < -0.4 is 0 Å². The smallest absolute Gasteiger partial charge is 0.167 e. The van der Waals surface area contributed by atoms with E-state index in [1.165, 1.54) is 0 Å². The number of halogens is 1. The molecule has 0 bridgehead atoms. The van der Waals surface area contributed by atoms with Crippen LogP contribution in [0.1, 0.15) is 5.01 Å². The summed E-state index contributed by atoms with van der Waals surface area (Å²) < 4.78 is 0.882. The van der Waals surface area contributed by atoms with Gasteiger partial charge >= 0.3 is 0 Å². The summed E-state index contributed by atoms with van der Waals surface area (Å²) in [6.07, 6.45) is 0. The molecule has 0 atom stereocenters. The summed E-state index contributed by atoms with van der Waals surface area (Å²) in [7, 11) is -1.24. The maximum absolute atomic E-state index is 4.20. The van der Waals surface area contributed by atoms with Crippen molar-refractivity contribution in [3.8, 4) is 11.5 Å². The molecular weight excluding hydrogens is 250 g/mol.